The number of benzene rings is 3. The van der Waals surface area contributed by atoms with Crippen LogP contribution in [0.2, 0.25) is 0 Å². The van der Waals surface area contributed by atoms with Crippen molar-refractivity contribution >= 4 is 16.9 Å². The molecule has 138 valence electrons. The Hall–Kier alpha value is -3.00. The highest BCUT2D eigenvalue weighted by atomic mass is 15.1. The van der Waals surface area contributed by atoms with Gasteiger partial charge < -0.3 is 9.80 Å². The summed E-state index contributed by atoms with van der Waals surface area (Å²) >= 11 is 0. The van der Waals surface area contributed by atoms with Crippen molar-refractivity contribution in [2.45, 2.75) is 6.42 Å². The Labute approximate surface area is 163 Å². The molecule has 0 atom stereocenters. The second-order valence-electron chi connectivity index (χ2n) is 7.19. The Morgan fingerprint density at radius 3 is 1.48 bits per heavy atom. The van der Waals surface area contributed by atoms with Crippen LogP contribution >= 0.6 is 0 Å². The zero-order valence-corrected chi connectivity index (χ0v) is 16.7. The normalized spacial score (nSPS) is 10.4. The van der Waals surface area contributed by atoms with E-state index in [-0.39, 0.29) is 0 Å². The number of allylic oxidation sites excluding steroid dienone is 1. The summed E-state index contributed by atoms with van der Waals surface area (Å²) in [4.78, 5) is 4.26. The van der Waals surface area contributed by atoms with Gasteiger partial charge in [0.05, 0.1) is 0 Å². The van der Waals surface area contributed by atoms with E-state index in [1.54, 1.807) is 0 Å². The standard InChI is InChI=1S/C25H28N2/c1-26(2)23-15-11-21(12-16-23)25(19-10-20-8-6-5-7-9-20)22-13-17-24(18-14-22)27(3)4/h5-9,11-19H,10H2,1-4H3. The Balaban J connectivity index is 1.97. The lowest BCUT2D eigenvalue weighted by atomic mass is 9.95. The van der Waals surface area contributed by atoms with E-state index >= 15 is 0 Å². The zero-order valence-electron chi connectivity index (χ0n) is 16.7. The Kier molecular flexibility index (Phi) is 5.97. The monoisotopic (exact) mass is 356 g/mol. The molecule has 3 rings (SSSR count). The van der Waals surface area contributed by atoms with E-state index in [9.17, 15) is 0 Å². The molecule has 3 aromatic rings. The molecule has 0 fully saturated rings. The van der Waals surface area contributed by atoms with Crippen molar-refractivity contribution in [1.29, 1.82) is 0 Å². The molecule has 0 unspecified atom stereocenters. The average molecular weight is 357 g/mol. The lowest BCUT2D eigenvalue weighted by Crippen LogP contribution is -2.08. The van der Waals surface area contributed by atoms with Gasteiger partial charge in [-0.2, -0.15) is 0 Å². The summed E-state index contributed by atoms with van der Waals surface area (Å²) in [7, 11) is 8.28. The molecular weight excluding hydrogens is 328 g/mol. The summed E-state index contributed by atoms with van der Waals surface area (Å²) in [5, 5.41) is 0. The van der Waals surface area contributed by atoms with Gasteiger partial charge in [-0.05, 0) is 52.9 Å². The van der Waals surface area contributed by atoms with Crippen molar-refractivity contribution in [3.05, 3.63) is 102 Å². The smallest absolute Gasteiger partial charge is 0.0361 e. The van der Waals surface area contributed by atoms with E-state index in [2.05, 4.69) is 123 Å². The third kappa shape index (κ3) is 4.79. The molecule has 0 aliphatic heterocycles. The summed E-state index contributed by atoms with van der Waals surface area (Å²) < 4.78 is 0. The van der Waals surface area contributed by atoms with Crippen molar-refractivity contribution in [2.75, 3.05) is 38.0 Å². The minimum absolute atomic E-state index is 0.918. The molecule has 0 bridgehead atoms. The molecule has 0 radical (unpaired) electrons. The van der Waals surface area contributed by atoms with Crippen LogP contribution < -0.4 is 9.80 Å². The first-order valence-electron chi connectivity index (χ1n) is 9.34. The van der Waals surface area contributed by atoms with E-state index in [0.29, 0.717) is 0 Å². The number of nitrogens with zero attached hydrogens (tertiary/aromatic N) is 2. The second kappa shape index (κ2) is 8.59. The molecule has 0 aliphatic rings. The Morgan fingerprint density at radius 1 is 0.630 bits per heavy atom. The number of anilines is 2. The summed E-state index contributed by atoms with van der Waals surface area (Å²) in [6.45, 7) is 0. The molecular formula is C25H28N2. The van der Waals surface area contributed by atoms with Gasteiger partial charge in [-0.15, -0.1) is 0 Å². The van der Waals surface area contributed by atoms with Crippen LogP contribution in [0.1, 0.15) is 16.7 Å². The maximum Gasteiger partial charge on any atom is 0.0361 e. The average Bonchev–Trinajstić information content (AvgIpc) is 2.69. The first-order valence-corrected chi connectivity index (χ1v) is 9.34. The summed E-state index contributed by atoms with van der Waals surface area (Å²) in [6, 6.07) is 28.2. The predicted molar refractivity (Wildman–Crippen MR) is 119 cm³/mol. The minimum atomic E-state index is 0.918. The van der Waals surface area contributed by atoms with Crippen LogP contribution in [0.5, 0.6) is 0 Å². The lowest BCUT2D eigenvalue weighted by Gasteiger charge is -2.16. The van der Waals surface area contributed by atoms with Crippen LogP contribution in [0, 0.1) is 0 Å². The lowest BCUT2D eigenvalue weighted by molar-refractivity contribution is 1.13. The van der Waals surface area contributed by atoms with Gasteiger partial charge in [-0.25, -0.2) is 0 Å². The molecule has 27 heavy (non-hydrogen) atoms. The highest BCUT2D eigenvalue weighted by molar-refractivity contribution is 5.81. The second-order valence-corrected chi connectivity index (χ2v) is 7.19. The largest absolute Gasteiger partial charge is 0.378 e. The van der Waals surface area contributed by atoms with Crippen LogP contribution in [0.15, 0.2) is 84.9 Å². The van der Waals surface area contributed by atoms with Gasteiger partial charge in [0.2, 0.25) is 0 Å². The maximum atomic E-state index is 2.34. The molecule has 0 spiro atoms. The van der Waals surface area contributed by atoms with Gasteiger partial charge in [-0.1, -0.05) is 60.7 Å². The van der Waals surface area contributed by atoms with Crippen LogP contribution in [-0.2, 0) is 6.42 Å². The molecule has 0 amide bonds. The van der Waals surface area contributed by atoms with Crippen molar-refractivity contribution in [3.63, 3.8) is 0 Å². The number of hydrogen-bond donors (Lipinski definition) is 0. The van der Waals surface area contributed by atoms with Crippen LogP contribution in [0.3, 0.4) is 0 Å². The van der Waals surface area contributed by atoms with E-state index < -0.39 is 0 Å². The zero-order chi connectivity index (χ0) is 19.2. The summed E-state index contributed by atoms with van der Waals surface area (Å²) in [5.41, 5.74) is 7.51. The minimum Gasteiger partial charge on any atom is -0.378 e. The number of rotatable bonds is 6. The van der Waals surface area contributed by atoms with Crippen molar-refractivity contribution in [2.24, 2.45) is 0 Å². The molecule has 0 N–H and O–H groups in total. The first kappa shape index (κ1) is 18.8. The Morgan fingerprint density at radius 2 is 1.07 bits per heavy atom. The summed E-state index contributed by atoms with van der Waals surface area (Å²) in [5.74, 6) is 0. The molecule has 0 saturated heterocycles. The van der Waals surface area contributed by atoms with Gasteiger partial charge >= 0.3 is 0 Å². The highest BCUT2D eigenvalue weighted by Crippen LogP contribution is 2.27. The molecule has 0 heterocycles. The highest BCUT2D eigenvalue weighted by Gasteiger charge is 2.07. The van der Waals surface area contributed by atoms with E-state index in [4.69, 9.17) is 0 Å². The van der Waals surface area contributed by atoms with Gasteiger partial charge in [0.15, 0.2) is 0 Å². The van der Waals surface area contributed by atoms with Crippen molar-refractivity contribution < 1.29 is 0 Å². The fourth-order valence-electron chi connectivity index (χ4n) is 3.11. The van der Waals surface area contributed by atoms with Crippen LogP contribution in [0.4, 0.5) is 11.4 Å². The maximum absolute atomic E-state index is 2.34. The van der Waals surface area contributed by atoms with Crippen LogP contribution in [0.25, 0.3) is 5.57 Å². The number of hydrogen-bond acceptors (Lipinski definition) is 2. The van der Waals surface area contributed by atoms with Gasteiger partial charge in [0.25, 0.3) is 0 Å². The molecule has 2 heteroatoms. The first-order chi connectivity index (χ1) is 13.0. The topological polar surface area (TPSA) is 6.48 Å². The third-order valence-corrected chi connectivity index (χ3v) is 4.77. The van der Waals surface area contributed by atoms with Gasteiger partial charge in [0.1, 0.15) is 0 Å². The molecule has 0 saturated carbocycles. The molecule has 2 nitrogen and oxygen atoms in total. The fourth-order valence-corrected chi connectivity index (χ4v) is 3.11. The van der Waals surface area contributed by atoms with E-state index in [1.807, 2.05) is 0 Å². The van der Waals surface area contributed by atoms with Gasteiger partial charge in [0, 0.05) is 39.6 Å². The van der Waals surface area contributed by atoms with Crippen molar-refractivity contribution in [3.8, 4) is 0 Å². The Bertz CT molecular complexity index is 820. The quantitative estimate of drug-likeness (QED) is 0.576. The van der Waals surface area contributed by atoms with Gasteiger partial charge in [-0.3, -0.25) is 0 Å². The van der Waals surface area contributed by atoms with E-state index in [1.165, 1.54) is 33.6 Å². The molecule has 3 aromatic carbocycles. The molecule has 0 aliphatic carbocycles. The summed E-state index contributed by atoms with van der Waals surface area (Å²) in [6.07, 6.45) is 3.26. The SMILES string of the molecule is CN(C)c1ccc(C(=CCc2ccccc2)c2ccc(N(C)C)cc2)cc1. The van der Waals surface area contributed by atoms with Crippen molar-refractivity contribution in [1.82, 2.24) is 0 Å². The van der Waals surface area contributed by atoms with Crippen LogP contribution in [-0.4, -0.2) is 28.2 Å². The predicted octanol–water partition coefficient (Wildman–Crippen LogP) is 5.49. The molecule has 0 aromatic heterocycles. The van der Waals surface area contributed by atoms with E-state index in [0.717, 1.165) is 6.42 Å². The fraction of sp³-hybridized carbons (Fsp3) is 0.200. The third-order valence-electron chi connectivity index (χ3n) is 4.77.